The maximum Gasteiger partial charge on any atom is 0.243 e. The smallest absolute Gasteiger partial charge is 0.243 e. The molecular weight excluding hydrogens is 336 g/mol. The monoisotopic (exact) mass is 362 g/mol. The largest absolute Gasteiger partial charge is 0.342 e. The molecular formula is C19H26N2O3S. The minimum atomic E-state index is -3.44. The number of hydrogen-bond acceptors (Lipinski definition) is 3. The number of sulfonamides is 1. The number of carbonyl (C=O) groups excluding carboxylic acids is 1. The summed E-state index contributed by atoms with van der Waals surface area (Å²) in [5.74, 6) is 0.219. The summed E-state index contributed by atoms with van der Waals surface area (Å²) in [6, 6.07) is 5.58. The van der Waals surface area contributed by atoms with Gasteiger partial charge >= 0.3 is 0 Å². The van der Waals surface area contributed by atoms with Crippen molar-refractivity contribution < 1.29 is 13.2 Å². The number of carbonyl (C=O) groups is 1. The number of rotatable bonds is 3. The lowest BCUT2D eigenvalue weighted by Gasteiger charge is -2.32. The molecule has 1 aromatic rings. The van der Waals surface area contributed by atoms with Gasteiger partial charge in [-0.05, 0) is 68.2 Å². The van der Waals surface area contributed by atoms with E-state index in [4.69, 9.17) is 0 Å². The Bertz CT molecular complexity index is 761. The Morgan fingerprint density at radius 1 is 0.920 bits per heavy atom. The van der Waals surface area contributed by atoms with Gasteiger partial charge in [-0.2, -0.15) is 4.31 Å². The van der Waals surface area contributed by atoms with Gasteiger partial charge in [0.05, 0.1) is 4.90 Å². The van der Waals surface area contributed by atoms with Gasteiger partial charge in [0.25, 0.3) is 0 Å². The van der Waals surface area contributed by atoms with Gasteiger partial charge in [0.1, 0.15) is 0 Å². The number of aryl methyl sites for hydroxylation is 2. The van der Waals surface area contributed by atoms with E-state index in [1.165, 1.54) is 11.1 Å². The Balaban J connectivity index is 1.43. The minimum absolute atomic E-state index is 0.00966. The van der Waals surface area contributed by atoms with Gasteiger partial charge in [0.15, 0.2) is 0 Å². The fraction of sp³-hybridized carbons (Fsp3) is 0.632. The number of hydrogen-bond donors (Lipinski definition) is 0. The highest BCUT2D eigenvalue weighted by atomic mass is 32.2. The van der Waals surface area contributed by atoms with Crippen molar-refractivity contribution in [3.8, 4) is 0 Å². The maximum absolute atomic E-state index is 13.0. The number of piperidine rings is 1. The summed E-state index contributed by atoms with van der Waals surface area (Å²) < 4.78 is 27.5. The molecule has 2 heterocycles. The van der Waals surface area contributed by atoms with Crippen LogP contribution >= 0.6 is 0 Å². The van der Waals surface area contributed by atoms with Crippen LogP contribution in [0.3, 0.4) is 0 Å². The van der Waals surface area contributed by atoms with Crippen LogP contribution in [0.5, 0.6) is 0 Å². The zero-order valence-corrected chi connectivity index (χ0v) is 15.4. The van der Waals surface area contributed by atoms with E-state index in [0.29, 0.717) is 30.8 Å². The van der Waals surface area contributed by atoms with Crippen LogP contribution in [0.1, 0.15) is 43.2 Å². The zero-order valence-electron chi connectivity index (χ0n) is 14.6. The first-order valence-electron chi connectivity index (χ1n) is 9.46. The quantitative estimate of drug-likeness (QED) is 0.828. The molecule has 2 aliphatic heterocycles. The van der Waals surface area contributed by atoms with Crippen molar-refractivity contribution in [2.45, 2.75) is 49.8 Å². The van der Waals surface area contributed by atoms with Crippen LogP contribution in [0.25, 0.3) is 0 Å². The van der Waals surface area contributed by atoms with E-state index < -0.39 is 10.0 Å². The third-order valence-corrected chi connectivity index (χ3v) is 7.82. The van der Waals surface area contributed by atoms with Gasteiger partial charge in [-0.25, -0.2) is 8.42 Å². The predicted molar refractivity (Wildman–Crippen MR) is 95.8 cm³/mol. The van der Waals surface area contributed by atoms with Crippen molar-refractivity contribution in [2.75, 3.05) is 26.2 Å². The number of likely N-dealkylation sites (tertiary alicyclic amines) is 1. The van der Waals surface area contributed by atoms with Gasteiger partial charge in [-0.3, -0.25) is 4.79 Å². The van der Waals surface area contributed by atoms with Crippen molar-refractivity contribution in [1.29, 1.82) is 0 Å². The summed E-state index contributed by atoms with van der Waals surface area (Å²) in [7, 11) is -3.44. The molecule has 2 fully saturated rings. The SMILES string of the molecule is O=C(C1CCN(S(=O)(=O)c2ccc3c(c2)CCC3)CC1)N1CCCC1. The van der Waals surface area contributed by atoms with Gasteiger partial charge in [0.2, 0.25) is 15.9 Å². The van der Waals surface area contributed by atoms with E-state index in [9.17, 15) is 13.2 Å². The van der Waals surface area contributed by atoms with Crippen LogP contribution in [-0.2, 0) is 27.7 Å². The van der Waals surface area contributed by atoms with E-state index in [1.54, 1.807) is 10.4 Å². The Morgan fingerprint density at radius 3 is 2.32 bits per heavy atom. The highest BCUT2D eigenvalue weighted by Crippen LogP contribution is 2.29. The predicted octanol–water partition coefficient (Wildman–Crippen LogP) is 2.20. The first kappa shape index (κ1) is 17.0. The summed E-state index contributed by atoms with van der Waals surface area (Å²) >= 11 is 0. The molecule has 25 heavy (non-hydrogen) atoms. The van der Waals surface area contributed by atoms with E-state index in [2.05, 4.69) is 0 Å². The second-order valence-electron chi connectivity index (χ2n) is 7.49. The number of benzene rings is 1. The number of nitrogens with zero attached hydrogens (tertiary/aromatic N) is 2. The van der Waals surface area contributed by atoms with Crippen molar-refractivity contribution >= 4 is 15.9 Å². The summed E-state index contributed by atoms with van der Waals surface area (Å²) in [5.41, 5.74) is 2.47. The van der Waals surface area contributed by atoms with E-state index in [0.717, 1.165) is 45.2 Å². The lowest BCUT2D eigenvalue weighted by atomic mass is 9.97. The van der Waals surface area contributed by atoms with Crippen LogP contribution < -0.4 is 0 Å². The third-order valence-electron chi connectivity index (χ3n) is 5.93. The third kappa shape index (κ3) is 3.22. The standard InChI is InChI=1S/C19H26N2O3S/c22-19(20-10-1-2-11-20)16-8-12-21(13-9-16)25(23,24)18-7-6-15-4-3-5-17(15)14-18/h6-7,14,16H,1-5,8-13H2. The summed E-state index contributed by atoms with van der Waals surface area (Å²) in [6.45, 7) is 2.63. The molecule has 136 valence electrons. The van der Waals surface area contributed by atoms with Gasteiger partial charge in [-0.1, -0.05) is 6.07 Å². The Morgan fingerprint density at radius 2 is 1.60 bits per heavy atom. The summed E-state index contributed by atoms with van der Waals surface area (Å²) in [5, 5.41) is 0. The number of fused-ring (bicyclic) bond motifs is 1. The lowest BCUT2D eigenvalue weighted by Crippen LogP contribution is -2.43. The fourth-order valence-corrected chi connectivity index (χ4v) is 5.92. The molecule has 5 nitrogen and oxygen atoms in total. The topological polar surface area (TPSA) is 57.7 Å². The molecule has 0 aromatic heterocycles. The zero-order chi connectivity index (χ0) is 17.4. The molecule has 0 bridgehead atoms. The highest BCUT2D eigenvalue weighted by molar-refractivity contribution is 7.89. The Labute approximate surface area is 150 Å². The van der Waals surface area contributed by atoms with E-state index in [1.807, 2.05) is 17.0 Å². The van der Waals surface area contributed by atoms with Crippen LogP contribution in [0.2, 0.25) is 0 Å². The molecule has 1 aliphatic carbocycles. The lowest BCUT2D eigenvalue weighted by molar-refractivity contribution is -0.135. The average molecular weight is 362 g/mol. The van der Waals surface area contributed by atoms with Gasteiger partial charge in [-0.15, -0.1) is 0 Å². The normalized spacial score (nSPS) is 22.3. The van der Waals surface area contributed by atoms with E-state index in [-0.39, 0.29) is 11.8 Å². The molecule has 0 saturated carbocycles. The molecule has 4 rings (SSSR count). The van der Waals surface area contributed by atoms with Gasteiger partial charge in [0, 0.05) is 32.1 Å². The average Bonchev–Trinajstić information content (AvgIpc) is 3.32. The second kappa shape index (κ2) is 6.72. The van der Waals surface area contributed by atoms with Crippen LogP contribution in [-0.4, -0.2) is 49.7 Å². The van der Waals surface area contributed by atoms with Gasteiger partial charge < -0.3 is 4.90 Å². The molecule has 1 aromatic carbocycles. The van der Waals surface area contributed by atoms with Crippen molar-refractivity contribution in [2.24, 2.45) is 5.92 Å². The summed E-state index contributed by atoms with van der Waals surface area (Å²) in [4.78, 5) is 14.9. The first-order chi connectivity index (χ1) is 12.1. The molecule has 6 heteroatoms. The fourth-order valence-electron chi connectivity index (χ4n) is 4.40. The molecule has 3 aliphatic rings. The van der Waals surface area contributed by atoms with E-state index >= 15 is 0 Å². The molecule has 0 atom stereocenters. The molecule has 1 amide bonds. The van der Waals surface area contributed by atoms with Crippen molar-refractivity contribution in [1.82, 2.24) is 9.21 Å². The second-order valence-corrected chi connectivity index (χ2v) is 9.43. The van der Waals surface area contributed by atoms with Crippen molar-refractivity contribution in [3.63, 3.8) is 0 Å². The molecule has 0 spiro atoms. The van der Waals surface area contributed by atoms with Crippen LogP contribution in [0.15, 0.2) is 23.1 Å². The Hall–Kier alpha value is -1.40. The maximum atomic E-state index is 13.0. The Kier molecular flexibility index (Phi) is 4.58. The number of amides is 1. The molecule has 0 N–H and O–H groups in total. The van der Waals surface area contributed by atoms with Crippen LogP contribution in [0.4, 0.5) is 0 Å². The molecule has 0 radical (unpaired) electrons. The first-order valence-corrected chi connectivity index (χ1v) is 10.9. The van der Waals surface area contributed by atoms with Crippen LogP contribution in [0, 0.1) is 5.92 Å². The van der Waals surface area contributed by atoms with Crippen molar-refractivity contribution in [3.05, 3.63) is 29.3 Å². The highest BCUT2D eigenvalue weighted by Gasteiger charge is 2.34. The molecule has 0 unspecified atom stereocenters. The molecule has 2 saturated heterocycles. The summed E-state index contributed by atoms with van der Waals surface area (Å²) in [6.07, 6.45) is 6.61. The minimum Gasteiger partial charge on any atom is -0.342 e.